The number of carbonyl (C=O) groups is 6. The highest BCUT2D eigenvalue weighted by Gasteiger charge is 2.43. The van der Waals surface area contributed by atoms with Crippen molar-refractivity contribution in [3.05, 3.63) is 29.8 Å². The van der Waals surface area contributed by atoms with Crippen molar-refractivity contribution < 1.29 is 43.3 Å². The van der Waals surface area contributed by atoms with Crippen molar-refractivity contribution in [1.29, 1.82) is 0 Å². The molecule has 14 heteroatoms. The third-order valence-corrected chi connectivity index (χ3v) is 12.2. The van der Waals surface area contributed by atoms with Gasteiger partial charge in [0.25, 0.3) is 0 Å². The van der Waals surface area contributed by atoms with Crippen LogP contribution >= 0.6 is 0 Å². The minimum absolute atomic E-state index is 0.101. The summed E-state index contributed by atoms with van der Waals surface area (Å²) in [5.74, 6) is -2.96. The van der Waals surface area contributed by atoms with Crippen LogP contribution in [0, 0.1) is 23.2 Å². The zero-order chi connectivity index (χ0) is 41.6. The van der Waals surface area contributed by atoms with E-state index in [4.69, 9.17) is 9.47 Å². The number of hydrogen-bond donors (Lipinski definition) is 2. The van der Waals surface area contributed by atoms with E-state index in [2.05, 4.69) is 5.32 Å². The number of esters is 1. The first kappa shape index (κ1) is 44.5. The molecule has 4 fully saturated rings. The summed E-state index contributed by atoms with van der Waals surface area (Å²) < 4.78 is 11.5. The second kappa shape index (κ2) is 18.8. The van der Waals surface area contributed by atoms with E-state index < -0.39 is 77.3 Å². The van der Waals surface area contributed by atoms with Crippen molar-refractivity contribution in [2.45, 2.75) is 130 Å². The average Bonchev–Trinajstić information content (AvgIpc) is 3.67. The molecule has 14 nitrogen and oxygen atoms in total. The number of hydrogen-bond acceptors (Lipinski definition) is 9. The van der Waals surface area contributed by atoms with Crippen molar-refractivity contribution in [2.24, 2.45) is 23.2 Å². The zero-order valence-corrected chi connectivity index (χ0v) is 35.1. The number of methoxy groups -OCH3 is 1. The maximum atomic E-state index is 14.2. The number of aliphatic hydroxyl groups excluding tert-OH is 1. The summed E-state index contributed by atoms with van der Waals surface area (Å²) >= 11 is 0. The van der Waals surface area contributed by atoms with Crippen LogP contribution in [0.3, 0.4) is 0 Å². The van der Waals surface area contributed by atoms with Crippen LogP contribution in [-0.2, 0) is 39.9 Å². The fourth-order valence-corrected chi connectivity index (χ4v) is 7.95. The predicted octanol–water partition coefficient (Wildman–Crippen LogP) is 3.03. The number of amides is 5. The van der Waals surface area contributed by atoms with E-state index in [1.165, 1.54) is 28.8 Å². The summed E-state index contributed by atoms with van der Waals surface area (Å²) in [6.45, 7) is 13.8. The summed E-state index contributed by atoms with van der Waals surface area (Å²) in [5.41, 5.74) is 0.323. The molecule has 4 saturated heterocycles. The van der Waals surface area contributed by atoms with Gasteiger partial charge in [0.15, 0.2) is 0 Å². The number of ether oxygens (including phenoxy) is 2. The van der Waals surface area contributed by atoms with Crippen molar-refractivity contribution in [2.75, 3.05) is 40.8 Å². The smallest absolute Gasteiger partial charge is 0.329 e. The standard InChI is InChI=1S/C42H65N5O9/c1-25-22-34(48)26(2)37(50)46-20-17-30(18-21-46)36(49)43-32(24-29-13-15-31(55-10)16-14-29)40(53)45(9)27(3)38(51)44(8)28(4)39(52)47-19-11-12-33(47)41(54)56-35(23-25)42(5,6)7/h13-16,25-28,30,32-35,48H,11-12,17-24H2,1-10H3,(H,43,49)/t25-,26+,27+,28-,32-,33-,34-,35-/m0/s1. The number of carbonyl (C=O) groups excluding carboxylic acids is 6. The number of piperidine rings is 1. The monoisotopic (exact) mass is 783 g/mol. The van der Waals surface area contributed by atoms with Gasteiger partial charge in [-0.1, -0.05) is 46.8 Å². The van der Waals surface area contributed by atoms with Crippen LogP contribution in [0.15, 0.2) is 24.3 Å². The number of rotatable bonds is 3. The molecule has 1 aromatic rings. The van der Waals surface area contributed by atoms with E-state index >= 15 is 0 Å². The van der Waals surface area contributed by atoms with Crippen LogP contribution < -0.4 is 10.1 Å². The molecular weight excluding hydrogens is 718 g/mol. The van der Waals surface area contributed by atoms with Gasteiger partial charge >= 0.3 is 5.97 Å². The lowest BCUT2D eigenvalue weighted by Gasteiger charge is -2.36. The van der Waals surface area contributed by atoms with E-state index in [1.54, 1.807) is 44.9 Å². The summed E-state index contributed by atoms with van der Waals surface area (Å²) in [6.07, 6.45) is 1.25. The second-order valence-electron chi connectivity index (χ2n) is 17.4. The second-order valence-corrected chi connectivity index (χ2v) is 17.4. The number of benzene rings is 1. The largest absolute Gasteiger partial charge is 0.497 e. The number of nitrogens with zero attached hydrogens (tertiary/aromatic N) is 4. The van der Waals surface area contributed by atoms with Crippen molar-refractivity contribution in [3.63, 3.8) is 0 Å². The molecule has 0 unspecified atom stereocenters. The summed E-state index contributed by atoms with van der Waals surface area (Å²) in [6, 6.07) is 3.39. The first-order valence-electron chi connectivity index (χ1n) is 20.2. The third-order valence-electron chi connectivity index (χ3n) is 12.2. The summed E-state index contributed by atoms with van der Waals surface area (Å²) in [4.78, 5) is 89.0. The Balaban J connectivity index is 1.65. The van der Waals surface area contributed by atoms with Crippen molar-refractivity contribution in [1.82, 2.24) is 24.9 Å². The molecule has 4 heterocycles. The van der Waals surface area contributed by atoms with E-state index in [9.17, 15) is 33.9 Å². The Kier molecular flexibility index (Phi) is 15.0. The van der Waals surface area contributed by atoms with E-state index in [1.807, 2.05) is 39.8 Å². The number of fused-ring (bicyclic) bond motifs is 19. The highest BCUT2D eigenvalue weighted by atomic mass is 16.5. The van der Waals surface area contributed by atoms with Gasteiger partial charge in [0.2, 0.25) is 29.5 Å². The van der Waals surface area contributed by atoms with Crippen LogP contribution in [0.25, 0.3) is 0 Å². The Morgan fingerprint density at radius 1 is 0.804 bits per heavy atom. The highest BCUT2D eigenvalue weighted by Crippen LogP contribution is 2.32. The molecule has 8 atom stereocenters. The molecule has 2 N–H and O–H groups in total. The van der Waals surface area contributed by atoms with Crippen LogP contribution in [-0.4, -0.2) is 137 Å². The number of aliphatic hydroxyl groups is 1. The van der Waals surface area contributed by atoms with E-state index in [-0.39, 0.29) is 24.2 Å². The molecule has 1 aromatic carbocycles. The Bertz CT molecular complexity index is 1570. The van der Waals surface area contributed by atoms with Gasteiger partial charge in [-0.3, -0.25) is 24.0 Å². The minimum atomic E-state index is -1.01. The van der Waals surface area contributed by atoms with Gasteiger partial charge in [-0.2, -0.15) is 0 Å². The topological polar surface area (TPSA) is 166 Å². The number of likely N-dealkylation sites (N-methyl/N-ethyl adjacent to an activating group) is 2. The first-order chi connectivity index (χ1) is 26.2. The molecule has 4 aliphatic rings. The quantitative estimate of drug-likeness (QED) is 0.346. The fourth-order valence-electron chi connectivity index (χ4n) is 7.95. The molecule has 0 spiro atoms. The van der Waals surface area contributed by atoms with Crippen LogP contribution in [0.1, 0.15) is 92.6 Å². The Morgan fingerprint density at radius 3 is 1.98 bits per heavy atom. The molecule has 312 valence electrons. The molecule has 0 aromatic heterocycles. The highest BCUT2D eigenvalue weighted by molar-refractivity contribution is 5.95. The lowest BCUT2D eigenvalue weighted by molar-refractivity contribution is -0.165. The van der Waals surface area contributed by atoms with Gasteiger partial charge in [-0.15, -0.1) is 0 Å². The van der Waals surface area contributed by atoms with E-state index in [0.29, 0.717) is 63.9 Å². The van der Waals surface area contributed by atoms with Crippen LogP contribution in [0.4, 0.5) is 0 Å². The minimum Gasteiger partial charge on any atom is -0.497 e. The van der Waals surface area contributed by atoms with Gasteiger partial charge < -0.3 is 39.5 Å². The molecule has 0 radical (unpaired) electrons. The van der Waals surface area contributed by atoms with Crippen molar-refractivity contribution >= 4 is 35.5 Å². The third kappa shape index (κ3) is 10.6. The number of nitrogens with one attached hydrogen (secondary N) is 1. The van der Waals surface area contributed by atoms with Crippen LogP contribution in [0.5, 0.6) is 5.75 Å². The molecular formula is C42H65N5O9. The molecule has 56 heavy (non-hydrogen) atoms. The Hall–Kier alpha value is -4.20. The molecule has 5 amide bonds. The van der Waals surface area contributed by atoms with Gasteiger partial charge in [0.1, 0.15) is 36.0 Å². The van der Waals surface area contributed by atoms with Gasteiger partial charge in [-0.25, -0.2) is 4.79 Å². The maximum Gasteiger partial charge on any atom is 0.329 e. The average molecular weight is 784 g/mol. The van der Waals surface area contributed by atoms with Crippen LogP contribution in [0.2, 0.25) is 0 Å². The Labute approximate surface area is 332 Å². The summed E-state index contributed by atoms with van der Waals surface area (Å²) in [7, 11) is 4.57. The normalized spacial score (nSPS) is 31.4. The van der Waals surface area contributed by atoms with Gasteiger partial charge in [0, 0.05) is 46.1 Å². The molecule has 0 aliphatic carbocycles. The summed E-state index contributed by atoms with van der Waals surface area (Å²) in [5, 5.41) is 14.2. The molecule has 0 saturated carbocycles. The lowest BCUT2D eigenvalue weighted by atomic mass is 9.81. The van der Waals surface area contributed by atoms with Gasteiger partial charge in [-0.05, 0) is 81.4 Å². The molecule has 4 aliphatic heterocycles. The lowest BCUT2D eigenvalue weighted by Crippen LogP contribution is -2.58. The Morgan fingerprint density at radius 2 is 1.39 bits per heavy atom. The fraction of sp³-hybridized carbons (Fsp3) is 0.714. The SMILES string of the molecule is COc1ccc(C[C@@H]2NC(=O)C3CCN(CC3)C(=O)[C@H](C)[C@@H](O)C[C@H](C)C[C@@H](C(C)(C)C)OC(=O)[C@@H]3CCCN3C(=O)[C@H](C)N(C)C(=O)[C@@H](C)N(C)C2=O)cc1. The van der Waals surface area contributed by atoms with Crippen molar-refractivity contribution in [3.8, 4) is 5.75 Å². The molecule has 5 rings (SSSR count). The zero-order valence-electron chi connectivity index (χ0n) is 35.1. The maximum absolute atomic E-state index is 14.2. The first-order valence-corrected chi connectivity index (χ1v) is 20.2. The van der Waals surface area contributed by atoms with Gasteiger partial charge in [0.05, 0.1) is 19.1 Å². The molecule has 2 bridgehead atoms. The predicted molar refractivity (Wildman–Crippen MR) is 210 cm³/mol. The van der Waals surface area contributed by atoms with E-state index in [0.717, 1.165) is 5.56 Å².